The van der Waals surface area contributed by atoms with E-state index in [2.05, 4.69) is 175 Å². The van der Waals surface area contributed by atoms with Crippen molar-refractivity contribution in [3.05, 3.63) is 174 Å². The summed E-state index contributed by atoms with van der Waals surface area (Å²) in [5, 5.41) is 2.49. The van der Waals surface area contributed by atoms with Gasteiger partial charge in [-0.2, -0.15) is 0 Å². The maximum Gasteiger partial charge on any atom is 0.0499 e. The van der Waals surface area contributed by atoms with Crippen LogP contribution in [0.15, 0.2) is 163 Å². The average molecular weight is 579 g/mol. The Labute approximate surface area is 265 Å². The van der Waals surface area contributed by atoms with Crippen molar-refractivity contribution >= 4 is 39.2 Å². The molecule has 0 bridgehead atoms. The summed E-state index contributed by atoms with van der Waals surface area (Å²) in [5.41, 5.74) is 14.2. The van der Waals surface area contributed by atoms with Gasteiger partial charge in [-0.3, -0.25) is 0 Å². The molecule has 0 saturated heterocycles. The highest BCUT2D eigenvalue weighted by Gasteiger charge is 2.46. The zero-order chi connectivity index (χ0) is 30.1. The topological polar surface area (TPSA) is 6.48 Å². The molecule has 0 N–H and O–H groups in total. The summed E-state index contributed by atoms with van der Waals surface area (Å²) in [6, 6.07) is 51.2. The van der Waals surface area contributed by atoms with E-state index in [-0.39, 0.29) is 5.41 Å². The van der Waals surface area contributed by atoms with Crippen LogP contribution < -0.4 is 9.80 Å². The Hall–Kier alpha value is -5.34. The minimum absolute atomic E-state index is 0.0442. The van der Waals surface area contributed by atoms with Gasteiger partial charge in [0.05, 0.1) is 0 Å². The molecule has 6 aromatic carbocycles. The van der Waals surface area contributed by atoms with Gasteiger partial charge in [-0.25, -0.2) is 0 Å². The molecule has 0 radical (unpaired) electrons. The highest BCUT2D eigenvalue weighted by molar-refractivity contribution is 5.92. The quantitative estimate of drug-likeness (QED) is 0.205. The Bertz CT molecular complexity index is 2190. The van der Waals surface area contributed by atoms with Crippen molar-refractivity contribution in [3.8, 4) is 11.1 Å². The molecule has 1 atom stereocenters. The second kappa shape index (κ2) is 9.84. The van der Waals surface area contributed by atoms with E-state index in [0.717, 1.165) is 17.8 Å². The normalized spacial score (nSPS) is 17.2. The molecule has 0 saturated carbocycles. The molecule has 2 heterocycles. The van der Waals surface area contributed by atoms with Gasteiger partial charge in [0.2, 0.25) is 0 Å². The van der Waals surface area contributed by atoms with Crippen molar-refractivity contribution in [2.24, 2.45) is 0 Å². The van der Waals surface area contributed by atoms with Crippen molar-refractivity contribution in [2.75, 3.05) is 9.80 Å². The number of benzene rings is 6. The molecular weight excluding hydrogens is 544 g/mol. The Kier molecular flexibility index (Phi) is 5.70. The van der Waals surface area contributed by atoms with Crippen LogP contribution in [0.3, 0.4) is 0 Å². The van der Waals surface area contributed by atoms with E-state index in [9.17, 15) is 0 Å². The molecule has 45 heavy (non-hydrogen) atoms. The molecule has 2 nitrogen and oxygen atoms in total. The van der Waals surface area contributed by atoms with Gasteiger partial charge in [0, 0.05) is 45.5 Å². The molecule has 1 unspecified atom stereocenters. The SMILES string of the molecule is CC1(C)C2=C3C(CC=C2)c2cc(N(c4cccc(-c5ccccc5)c4)c4ccc5ccccc5c4)ccc2N3c2ccccc21. The minimum atomic E-state index is -0.0442. The lowest BCUT2D eigenvalue weighted by Crippen LogP contribution is -2.33. The van der Waals surface area contributed by atoms with Crippen molar-refractivity contribution in [1.29, 1.82) is 0 Å². The van der Waals surface area contributed by atoms with E-state index in [1.807, 2.05) is 0 Å². The summed E-state index contributed by atoms with van der Waals surface area (Å²) in [5.74, 6) is 0.335. The third-order valence-electron chi connectivity index (χ3n) is 10.1. The number of hydrogen-bond acceptors (Lipinski definition) is 2. The van der Waals surface area contributed by atoms with Crippen LogP contribution in [0, 0.1) is 0 Å². The molecule has 216 valence electrons. The Morgan fingerprint density at radius 3 is 2.20 bits per heavy atom. The maximum absolute atomic E-state index is 2.56. The number of anilines is 5. The van der Waals surface area contributed by atoms with E-state index < -0.39 is 0 Å². The van der Waals surface area contributed by atoms with Crippen molar-refractivity contribution in [3.63, 3.8) is 0 Å². The summed E-state index contributed by atoms with van der Waals surface area (Å²) in [4.78, 5) is 4.99. The third kappa shape index (κ3) is 3.95. The zero-order valence-corrected chi connectivity index (χ0v) is 25.6. The molecule has 0 spiro atoms. The van der Waals surface area contributed by atoms with Crippen LogP contribution in [0.1, 0.15) is 37.3 Å². The van der Waals surface area contributed by atoms with E-state index in [0.29, 0.717) is 5.92 Å². The van der Waals surface area contributed by atoms with E-state index in [1.54, 1.807) is 0 Å². The molecular formula is C43H34N2. The van der Waals surface area contributed by atoms with Crippen molar-refractivity contribution in [2.45, 2.75) is 31.6 Å². The van der Waals surface area contributed by atoms with Gasteiger partial charge in [0.25, 0.3) is 0 Å². The Morgan fingerprint density at radius 1 is 0.600 bits per heavy atom. The first-order chi connectivity index (χ1) is 22.1. The monoisotopic (exact) mass is 578 g/mol. The van der Waals surface area contributed by atoms with Crippen LogP contribution in [0.2, 0.25) is 0 Å². The highest BCUT2D eigenvalue weighted by atomic mass is 15.2. The number of rotatable bonds is 4. The molecule has 3 aliphatic rings. The molecule has 6 aromatic rings. The van der Waals surface area contributed by atoms with Crippen LogP contribution in [0.25, 0.3) is 21.9 Å². The fourth-order valence-electron chi connectivity index (χ4n) is 7.90. The number of para-hydroxylation sites is 1. The Balaban J connectivity index is 1.24. The standard InChI is InChI=1S/C43H34N2/c1-43(2)38-19-8-9-21-41(38)45-40-25-24-35(28-37(40)36-18-11-20-39(43)42(36)45)44(34-23-22-30-14-6-7-15-31(30)27-34)33-17-10-16-32(26-33)29-12-4-3-5-13-29/h3-17,19-28,36H,18H2,1-2H3. The van der Waals surface area contributed by atoms with Crippen LogP contribution in [-0.2, 0) is 5.41 Å². The third-order valence-corrected chi connectivity index (χ3v) is 10.1. The lowest BCUT2D eigenvalue weighted by Gasteiger charge is -2.42. The molecule has 2 aliphatic heterocycles. The first kappa shape index (κ1) is 26.1. The molecule has 1 aliphatic carbocycles. The van der Waals surface area contributed by atoms with Gasteiger partial charge in [-0.05, 0) is 93.6 Å². The predicted octanol–water partition coefficient (Wildman–Crippen LogP) is 11.7. The summed E-state index contributed by atoms with van der Waals surface area (Å²) < 4.78 is 0. The summed E-state index contributed by atoms with van der Waals surface area (Å²) in [6.07, 6.45) is 5.80. The molecule has 2 heteroatoms. The lowest BCUT2D eigenvalue weighted by atomic mass is 9.70. The van der Waals surface area contributed by atoms with Crippen LogP contribution in [0.4, 0.5) is 28.4 Å². The summed E-state index contributed by atoms with van der Waals surface area (Å²) in [7, 11) is 0. The Morgan fingerprint density at radius 2 is 1.31 bits per heavy atom. The molecule has 0 aromatic heterocycles. The largest absolute Gasteiger partial charge is 0.313 e. The highest BCUT2D eigenvalue weighted by Crippen LogP contribution is 2.60. The van der Waals surface area contributed by atoms with Gasteiger partial charge in [-0.15, -0.1) is 0 Å². The summed E-state index contributed by atoms with van der Waals surface area (Å²) >= 11 is 0. The first-order valence-electron chi connectivity index (χ1n) is 16.0. The van der Waals surface area contributed by atoms with E-state index >= 15 is 0 Å². The second-order valence-electron chi connectivity index (χ2n) is 13.0. The van der Waals surface area contributed by atoms with Gasteiger partial charge < -0.3 is 9.80 Å². The predicted molar refractivity (Wildman–Crippen MR) is 189 cm³/mol. The number of hydrogen-bond donors (Lipinski definition) is 0. The van der Waals surface area contributed by atoms with Crippen LogP contribution >= 0.6 is 0 Å². The smallest absolute Gasteiger partial charge is 0.0499 e. The summed E-state index contributed by atoms with van der Waals surface area (Å²) in [6.45, 7) is 4.77. The fourth-order valence-corrected chi connectivity index (χ4v) is 7.90. The number of fused-ring (bicyclic) bond motifs is 6. The molecule has 0 amide bonds. The lowest BCUT2D eigenvalue weighted by molar-refractivity contribution is 0.598. The maximum atomic E-state index is 2.56. The zero-order valence-electron chi connectivity index (χ0n) is 25.6. The van der Waals surface area contributed by atoms with Crippen LogP contribution in [0.5, 0.6) is 0 Å². The van der Waals surface area contributed by atoms with E-state index in [1.165, 1.54) is 61.4 Å². The van der Waals surface area contributed by atoms with Crippen molar-refractivity contribution < 1.29 is 0 Å². The second-order valence-corrected chi connectivity index (χ2v) is 13.0. The van der Waals surface area contributed by atoms with E-state index in [4.69, 9.17) is 0 Å². The number of allylic oxidation sites excluding steroid dienone is 4. The van der Waals surface area contributed by atoms with Gasteiger partial charge >= 0.3 is 0 Å². The van der Waals surface area contributed by atoms with Crippen LogP contribution in [-0.4, -0.2) is 0 Å². The molecule has 0 fully saturated rings. The number of nitrogens with zero attached hydrogens (tertiary/aromatic N) is 2. The average Bonchev–Trinajstić information content (AvgIpc) is 3.42. The van der Waals surface area contributed by atoms with Crippen molar-refractivity contribution in [1.82, 2.24) is 0 Å². The van der Waals surface area contributed by atoms with Gasteiger partial charge in [-0.1, -0.05) is 117 Å². The van der Waals surface area contributed by atoms with Gasteiger partial charge in [0.15, 0.2) is 0 Å². The van der Waals surface area contributed by atoms with Gasteiger partial charge in [0.1, 0.15) is 0 Å². The minimum Gasteiger partial charge on any atom is -0.313 e. The molecule has 9 rings (SSSR count). The fraction of sp³-hybridized carbons (Fsp3) is 0.116. The first-order valence-corrected chi connectivity index (χ1v) is 16.0.